The van der Waals surface area contributed by atoms with Crippen molar-refractivity contribution in [3.8, 4) is 11.4 Å². The summed E-state index contributed by atoms with van der Waals surface area (Å²) in [6.45, 7) is 0.638. The number of carbonyl (C=O) groups is 1. The van der Waals surface area contributed by atoms with E-state index in [2.05, 4.69) is 20.0 Å². The molecule has 1 heterocycles. The number of nitrogens with zero attached hydrogens (tertiary/aromatic N) is 2. The molecule has 0 unspecified atom stereocenters. The Bertz CT molecular complexity index is 671. The van der Waals surface area contributed by atoms with Gasteiger partial charge in [-0.2, -0.15) is 18.2 Å². The molecule has 1 aromatic carbocycles. The highest BCUT2D eigenvalue weighted by Crippen LogP contribution is 2.29. The van der Waals surface area contributed by atoms with Crippen molar-refractivity contribution in [1.82, 2.24) is 15.5 Å². The van der Waals surface area contributed by atoms with Crippen LogP contribution >= 0.6 is 0 Å². The molecule has 0 saturated heterocycles. The minimum Gasteiger partial charge on any atom is -0.447 e. The molecule has 0 atom stereocenters. The van der Waals surface area contributed by atoms with Gasteiger partial charge >= 0.3 is 18.2 Å². The van der Waals surface area contributed by atoms with Gasteiger partial charge in [0.25, 0.3) is 0 Å². The number of hydrogen-bond donors (Lipinski definition) is 1. The van der Waals surface area contributed by atoms with Gasteiger partial charge in [-0.05, 0) is 5.56 Å². The second-order valence-electron chi connectivity index (χ2n) is 4.60. The van der Waals surface area contributed by atoms with Crippen LogP contribution < -0.4 is 5.32 Å². The Kier molecular flexibility index (Phi) is 5.74. The number of aromatic nitrogens is 2. The third-order valence-electron chi connectivity index (χ3n) is 2.84. The van der Waals surface area contributed by atoms with E-state index in [0.29, 0.717) is 12.2 Å². The molecule has 24 heavy (non-hydrogen) atoms. The second-order valence-corrected chi connectivity index (χ2v) is 4.60. The van der Waals surface area contributed by atoms with E-state index >= 15 is 0 Å². The van der Waals surface area contributed by atoms with Crippen molar-refractivity contribution in [2.45, 2.75) is 12.7 Å². The predicted molar refractivity (Wildman–Crippen MR) is 74.8 cm³/mol. The lowest BCUT2D eigenvalue weighted by Crippen LogP contribution is -2.25. The molecule has 7 nitrogen and oxygen atoms in total. The molecule has 2 rings (SSSR count). The zero-order valence-corrected chi connectivity index (χ0v) is 12.6. The largest absolute Gasteiger partial charge is 0.471 e. The van der Waals surface area contributed by atoms with Crippen LogP contribution in [0.15, 0.2) is 28.8 Å². The lowest BCUT2D eigenvalue weighted by atomic mass is 10.1. The summed E-state index contributed by atoms with van der Waals surface area (Å²) >= 11 is 0. The van der Waals surface area contributed by atoms with Crippen LogP contribution in [0.3, 0.4) is 0 Å². The molecule has 0 aliphatic rings. The van der Waals surface area contributed by atoms with E-state index in [1.165, 1.54) is 19.2 Å². The summed E-state index contributed by atoms with van der Waals surface area (Å²) in [6, 6.07) is 6.29. The highest BCUT2D eigenvalue weighted by Gasteiger charge is 2.38. The molecule has 2 aromatic rings. The molecule has 0 aliphatic heterocycles. The Labute approximate surface area is 134 Å². The van der Waals surface area contributed by atoms with Gasteiger partial charge in [0.2, 0.25) is 5.82 Å². The van der Waals surface area contributed by atoms with Crippen molar-refractivity contribution < 1.29 is 32.0 Å². The van der Waals surface area contributed by atoms with E-state index in [-0.39, 0.29) is 19.0 Å². The fraction of sp³-hybridized carbons (Fsp3) is 0.357. The first-order valence-corrected chi connectivity index (χ1v) is 6.80. The van der Waals surface area contributed by atoms with Crippen molar-refractivity contribution >= 4 is 6.09 Å². The molecule has 0 bridgehead atoms. The first-order chi connectivity index (χ1) is 11.4. The van der Waals surface area contributed by atoms with Crippen LogP contribution in [-0.4, -0.2) is 36.6 Å². The monoisotopic (exact) mass is 345 g/mol. The Hall–Kier alpha value is -2.62. The summed E-state index contributed by atoms with van der Waals surface area (Å²) in [5.41, 5.74) is 1.09. The number of nitrogens with one attached hydrogen (secondary N) is 1. The van der Waals surface area contributed by atoms with E-state index in [1.54, 1.807) is 12.1 Å². The van der Waals surface area contributed by atoms with Crippen molar-refractivity contribution in [2.75, 3.05) is 20.3 Å². The van der Waals surface area contributed by atoms with E-state index in [0.717, 1.165) is 5.56 Å². The maximum atomic E-state index is 12.4. The van der Waals surface area contributed by atoms with Crippen LogP contribution in [0, 0.1) is 0 Å². The lowest BCUT2D eigenvalue weighted by Gasteiger charge is -2.06. The SMILES string of the molecule is COCCOC(=O)NCc1ccc(-c2noc(C(F)(F)F)n2)cc1. The number of benzene rings is 1. The highest BCUT2D eigenvalue weighted by atomic mass is 19.4. The minimum atomic E-state index is -4.68. The number of methoxy groups -OCH3 is 1. The first-order valence-electron chi connectivity index (χ1n) is 6.80. The topological polar surface area (TPSA) is 86.5 Å². The summed E-state index contributed by atoms with van der Waals surface area (Å²) in [4.78, 5) is 14.6. The number of hydrogen-bond acceptors (Lipinski definition) is 6. The van der Waals surface area contributed by atoms with Crippen molar-refractivity contribution in [2.24, 2.45) is 0 Å². The van der Waals surface area contributed by atoms with Gasteiger partial charge in [0.05, 0.1) is 6.61 Å². The maximum Gasteiger partial charge on any atom is 0.471 e. The number of rotatable bonds is 6. The quantitative estimate of drug-likeness (QED) is 0.810. The van der Waals surface area contributed by atoms with Crippen molar-refractivity contribution in [1.29, 1.82) is 0 Å². The highest BCUT2D eigenvalue weighted by molar-refractivity contribution is 5.67. The zero-order valence-electron chi connectivity index (χ0n) is 12.6. The first kappa shape index (κ1) is 17.7. The standard InChI is InChI=1S/C14H14F3N3O4/c1-22-6-7-23-13(21)18-8-9-2-4-10(5-3-9)11-19-12(24-20-11)14(15,16)17/h2-5H,6-8H2,1H3,(H,18,21). The fourth-order valence-electron chi connectivity index (χ4n) is 1.67. The van der Waals surface area contributed by atoms with Gasteiger partial charge in [0, 0.05) is 19.2 Å². The fourth-order valence-corrected chi connectivity index (χ4v) is 1.67. The van der Waals surface area contributed by atoms with Crippen molar-refractivity contribution in [3.63, 3.8) is 0 Å². The van der Waals surface area contributed by atoms with E-state index in [4.69, 9.17) is 9.47 Å². The summed E-state index contributed by atoms with van der Waals surface area (Å²) in [5, 5.41) is 5.82. The molecule has 1 N–H and O–H groups in total. The van der Waals surface area contributed by atoms with Gasteiger partial charge in [-0.1, -0.05) is 29.4 Å². The number of carbonyl (C=O) groups excluding carboxylic acids is 1. The average molecular weight is 345 g/mol. The van der Waals surface area contributed by atoms with Gasteiger partial charge in [-0.25, -0.2) is 4.79 Å². The molecule has 0 saturated carbocycles. The number of amides is 1. The predicted octanol–water partition coefficient (Wildman–Crippen LogP) is 2.63. The molecule has 130 valence electrons. The summed E-state index contributed by atoms with van der Waals surface area (Å²) in [6.07, 6.45) is -5.28. The molecule has 0 aliphatic carbocycles. The van der Waals surface area contributed by atoms with Crippen molar-refractivity contribution in [3.05, 3.63) is 35.7 Å². The van der Waals surface area contributed by atoms with Gasteiger partial charge in [0.1, 0.15) is 6.61 Å². The van der Waals surface area contributed by atoms with Gasteiger partial charge in [-0.15, -0.1) is 0 Å². The lowest BCUT2D eigenvalue weighted by molar-refractivity contribution is -0.159. The number of alkyl halides is 3. The molecule has 10 heteroatoms. The van der Waals surface area contributed by atoms with Crippen LogP contribution in [0.25, 0.3) is 11.4 Å². The molecule has 0 radical (unpaired) electrons. The number of alkyl carbamates (subject to hydrolysis) is 1. The normalized spacial score (nSPS) is 11.3. The molecule has 1 amide bonds. The van der Waals surface area contributed by atoms with Crippen LogP contribution in [0.2, 0.25) is 0 Å². The zero-order chi connectivity index (χ0) is 17.6. The molecule has 0 spiro atoms. The van der Waals surface area contributed by atoms with E-state index < -0.39 is 18.2 Å². The second kappa shape index (κ2) is 7.77. The molecule has 0 fully saturated rings. The molecular formula is C14H14F3N3O4. The van der Waals surface area contributed by atoms with Crippen LogP contribution in [0.1, 0.15) is 11.5 Å². The molecule has 1 aromatic heterocycles. The smallest absolute Gasteiger partial charge is 0.447 e. The summed E-state index contributed by atoms with van der Waals surface area (Å²) < 4.78 is 51.0. The van der Waals surface area contributed by atoms with Gasteiger partial charge < -0.3 is 19.3 Å². The Morgan fingerprint density at radius 2 is 1.96 bits per heavy atom. The Morgan fingerprint density at radius 1 is 1.25 bits per heavy atom. The number of ether oxygens (including phenoxy) is 2. The van der Waals surface area contributed by atoms with Crippen LogP contribution in [-0.2, 0) is 22.2 Å². The van der Waals surface area contributed by atoms with E-state index in [1.807, 2.05) is 0 Å². The third kappa shape index (κ3) is 4.95. The van der Waals surface area contributed by atoms with E-state index in [9.17, 15) is 18.0 Å². The molecular weight excluding hydrogens is 331 g/mol. The van der Waals surface area contributed by atoms with Crippen LogP contribution in [0.4, 0.5) is 18.0 Å². The minimum absolute atomic E-state index is 0.140. The van der Waals surface area contributed by atoms with Gasteiger partial charge in [-0.3, -0.25) is 0 Å². The third-order valence-corrected chi connectivity index (χ3v) is 2.84. The Balaban J connectivity index is 1.91. The number of halogens is 3. The summed E-state index contributed by atoms with van der Waals surface area (Å²) in [7, 11) is 1.49. The Morgan fingerprint density at radius 3 is 2.54 bits per heavy atom. The van der Waals surface area contributed by atoms with Gasteiger partial charge in [0.15, 0.2) is 0 Å². The maximum absolute atomic E-state index is 12.4. The van der Waals surface area contributed by atoms with Crippen LogP contribution in [0.5, 0.6) is 0 Å². The average Bonchev–Trinajstić information content (AvgIpc) is 3.04. The summed E-state index contributed by atoms with van der Waals surface area (Å²) in [5.74, 6) is -1.57.